The van der Waals surface area contributed by atoms with Crippen molar-refractivity contribution in [1.82, 2.24) is 5.32 Å². The lowest BCUT2D eigenvalue weighted by Gasteiger charge is -2.15. The number of hydrogen-bond donors (Lipinski definition) is 1. The van der Waals surface area contributed by atoms with Crippen LogP contribution in [0.5, 0.6) is 5.75 Å². The van der Waals surface area contributed by atoms with Gasteiger partial charge in [0.25, 0.3) is 5.91 Å². The topological polar surface area (TPSA) is 55.4 Å². The molecular formula is C18H18F3NO3S. The molecule has 1 N–H and O–H groups in total. The summed E-state index contributed by atoms with van der Waals surface area (Å²) in [4.78, 5) is 12.9. The van der Waals surface area contributed by atoms with Crippen molar-refractivity contribution in [3.05, 3.63) is 59.7 Å². The summed E-state index contributed by atoms with van der Waals surface area (Å²) in [6.07, 6.45) is -2.83. The van der Waals surface area contributed by atoms with Crippen molar-refractivity contribution in [2.75, 3.05) is 12.9 Å². The van der Waals surface area contributed by atoms with E-state index in [1.807, 2.05) is 0 Å². The Hall–Kier alpha value is -2.35. The Bertz CT molecular complexity index is 774. The Balaban J connectivity index is 1.97. The van der Waals surface area contributed by atoms with E-state index in [9.17, 15) is 22.2 Å². The molecule has 2 aromatic carbocycles. The lowest BCUT2D eigenvalue weighted by molar-refractivity contribution is -0.153. The van der Waals surface area contributed by atoms with Crippen LogP contribution >= 0.6 is 0 Å². The smallest absolute Gasteiger partial charge is 0.422 e. The molecule has 2 aromatic rings. The summed E-state index contributed by atoms with van der Waals surface area (Å²) in [5, 5.41) is 2.80. The number of benzene rings is 2. The van der Waals surface area contributed by atoms with Gasteiger partial charge in [-0.1, -0.05) is 12.1 Å². The fraction of sp³-hybridized carbons (Fsp3) is 0.278. The minimum Gasteiger partial charge on any atom is -0.484 e. The second kappa shape index (κ2) is 8.35. The highest BCUT2D eigenvalue weighted by Gasteiger charge is 2.28. The number of hydrogen-bond acceptors (Lipinski definition) is 3. The number of carbonyl (C=O) groups excluding carboxylic acids is 1. The van der Waals surface area contributed by atoms with E-state index >= 15 is 0 Å². The highest BCUT2D eigenvalue weighted by molar-refractivity contribution is 7.84. The predicted octanol–water partition coefficient (Wildman–Crippen LogP) is 3.86. The molecule has 0 aromatic heterocycles. The van der Waals surface area contributed by atoms with Gasteiger partial charge in [-0.15, -0.1) is 0 Å². The maximum Gasteiger partial charge on any atom is 0.422 e. The molecule has 0 saturated heterocycles. The van der Waals surface area contributed by atoms with Crippen LogP contribution in [-0.2, 0) is 10.8 Å². The van der Waals surface area contributed by atoms with Gasteiger partial charge in [-0.2, -0.15) is 13.2 Å². The summed E-state index contributed by atoms with van der Waals surface area (Å²) in [6, 6.07) is 12.1. The van der Waals surface area contributed by atoms with E-state index in [2.05, 4.69) is 10.1 Å². The average molecular weight is 385 g/mol. The fourth-order valence-corrected chi connectivity index (χ4v) is 2.70. The average Bonchev–Trinajstić information content (AvgIpc) is 2.59. The first-order chi connectivity index (χ1) is 12.2. The SMILES string of the molecule is CC(NC(=O)c1ccc(S(C)=O)cc1)c1ccc(OCC(F)(F)F)cc1. The van der Waals surface area contributed by atoms with Gasteiger partial charge in [0, 0.05) is 27.5 Å². The third-order valence-electron chi connectivity index (χ3n) is 3.58. The molecule has 0 radical (unpaired) electrons. The molecule has 0 bridgehead atoms. The van der Waals surface area contributed by atoms with E-state index in [4.69, 9.17) is 0 Å². The summed E-state index contributed by atoms with van der Waals surface area (Å²) in [5.41, 5.74) is 1.15. The molecular weight excluding hydrogens is 367 g/mol. The van der Waals surface area contributed by atoms with E-state index in [0.29, 0.717) is 10.5 Å². The first kappa shape index (κ1) is 20.0. The van der Waals surface area contributed by atoms with Crippen LogP contribution in [-0.4, -0.2) is 29.2 Å². The van der Waals surface area contributed by atoms with Crippen molar-refractivity contribution in [3.63, 3.8) is 0 Å². The fourth-order valence-electron chi connectivity index (χ4n) is 2.18. The molecule has 1 amide bonds. The number of halogens is 3. The molecule has 2 unspecified atom stereocenters. The van der Waals surface area contributed by atoms with Crippen LogP contribution in [0.1, 0.15) is 28.9 Å². The molecule has 8 heteroatoms. The highest BCUT2D eigenvalue weighted by atomic mass is 32.2. The third-order valence-corrected chi connectivity index (χ3v) is 4.51. The summed E-state index contributed by atoms with van der Waals surface area (Å²) in [7, 11) is -1.11. The van der Waals surface area contributed by atoms with E-state index in [1.54, 1.807) is 49.6 Å². The molecule has 0 aliphatic heterocycles. The molecule has 26 heavy (non-hydrogen) atoms. The lowest BCUT2D eigenvalue weighted by atomic mass is 10.1. The van der Waals surface area contributed by atoms with Gasteiger partial charge in [-0.25, -0.2) is 0 Å². The standard InChI is InChI=1S/C18H18F3NO3S/c1-12(13-3-7-15(8-4-13)25-11-18(19,20)21)22-17(23)14-5-9-16(10-6-14)26(2)24/h3-10,12H,11H2,1-2H3,(H,22,23). The normalized spacial score (nSPS) is 13.7. The second-order valence-electron chi connectivity index (χ2n) is 5.65. The third kappa shape index (κ3) is 5.87. The minimum absolute atomic E-state index is 0.104. The van der Waals surface area contributed by atoms with Crippen LogP contribution in [0.4, 0.5) is 13.2 Å². The molecule has 2 rings (SSSR count). The molecule has 140 valence electrons. The van der Waals surface area contributed by atoms with Crippen LogP contribution in [0.15, 0.2) is 53.4 Å². The van der Waals surface area contributed by atoms with Gasteiger partial charge >= 0.3 is 6.18 Å². The van der Waals surface area contributed by atoms with Crippen LogP contribution in [0.25, 0.3) is 0 Å². The van der Waals surface area contributed by atoms with Gasteiger partial charge in [0.15, 0.2) is 6.61 Å². The van der Waals surface area contributed by atoms with E-state index in [0.717, 1.165) is 5.56 Å². The Morgan fingerprint density at radius 2 is 1.69 bits per heavy atom. The van der Waals surface area contributed by atoms with E-state index < -0.39 is 23.6 Å². The Morgan fingerprint density at radius 1 is 1.12 bits per heavy atom. The maximum atomic E-state index is 12.3. The van der Waals surface area contributed by atoms with Gasteiger partial charge in [-0.05, 0) is 48.9 Å². The molecule has 0 aliphatic carbocycles. The summed E-state index contributed by atoms with van der Waals surface area (Å²) in [5.74, 6) is -0.198. The number of ether oxygens (including phenoxy) is 1. The summed E-state index contributed by atoms with van der Waals surface area (Å²) >= 11 is 0. The van der Waals surface area contributed by atoms with Crippen LogP contribution in [0.3, 0.4) is 0 Å². The number of alkyl halides is 3. The zero-order valence-corrected chi connectivity index (χ0v) is 15.0. The van der Waals surface area contributed by atoms with Crippen LogP contribution in [0, 0.1) is 0 Å². The number of nitrogens with one attached hydrogen (secondary N) is 1. The maximum absolute atomic E-state index is 12.3. The van der Waals surface area contributed by atoms with Crippen molar-refractivity contribution < 1.29 is 26.9 Å². The number of amides is 1. The van der Waals surface area contributed by atoms with Crippen molar-refractivity contribution in [1.29, 1.82) is 0 Å². The first-order valence-corrected chi connectivity index (χ1v) is 9.25. The summed E-state index contributed by atoms with van der Waals surface area (Å²) < 4.78 is 52.4. The van der Waals surface area contributed by atoms with Crippen molar-refractivity contribution >= 4 is 16.7 Å². The second-order valence-corrected chi connectivity index (χ2v) is 7.03. The largest absolute Gasteiger partial charge is 0.484 e. The van der Waals surface area contributed by atoms with Gasteiger partial charge in [0.1, 0.15) is 5.75 Å². The summed E-state index contributed by atoms with van der Waals surface area (Å²) in [6.45, 7) is 0.413. The highest BCUT2D eigenvalue weighted by Crippen LogP contribution is 2.21. The zero-order valence-electron chi connectivity index (χ0n) is 14.2. The van der Waals surface area contributed by atoms with Gasteiger partial charge in [0.05, 0.1) is 6.04 Å². The Morgan fingerprint density at radius 3 is 2.19 bits per heavy atom. The van der Waals surface area contributed by atoms with Crippen molar-refractivity contribution in [3.8, 4) is 5.75 Å². The zero-order chi connectivity index (χ0) is 19.3. The van der Waals surface area contributed by atoms with Crippen molar-refractivity contribution in [2.45, 2.75) is 24.0 Å². The lowest BCUT2D eigenvalue weighted by Crippen LogP contribution is -2.26. The minimum atomic E-state index is -4.39. The number of rotatable bonds is 6. The Labute approximate surface area is 151 Å². The molecule has 0 saturated carbocycles. The Kier molecular flexibility index (Phi) is 6.42. The quantitative estimate of drug-likeness (QED) is 0.822. The molecule has 0 spiro atoms. The van der Waals surface area contributed by atoms with Gasteiger partial charge < -0.3 is 10.1 Å². The van der Waals surface area contributed by atoms with Crippen LogP contribution in [0.2, 0.25) is 0 Å². The molecule has 0 fully saturated rings. The molecule has 0 aliphatic rings. The predicted molar refractivity (Wildman–Crippen MR) is 92.6 cm³/mol. The van der Waals surface area contributed by atoms with Crippen molar-refractivity contribution in [2.24, 2.45) is 0 Å². The molecule has 0 heterocycles. The van der Waals surface area contributed by atoms with Crippen LogP contribution < -0.4 is 10.1 Å². The van der Waals surface area contributed by atoms with Gasteiger partial charge in [-0.3, -0.25) is 9.00 Å². The van der Waals surface area contributed by atoms with Gasteiger partial charge in [0.2, 0.25) is 0 Å². The van der Waals surface area contributed by atoms with E-state index in [1.165, 1.54) is 12.1 Å². The molecule has 4 nitrogen and oxygen atoms in total. The number of carbonyl (C=O) groups is 1. The monoisotopic (exact) mass is 385 g/mol. The first-order valence-electron chi connectivity index (χ1n) is 7.69. The van der Waals surface area contributed by atoms with E-state index in [-0.39, 0.29) is 17.7 Å². The molecule has 2 atom stereocenters.